The van der Waals surface area contributed by atoms with E-state index in [-0.39, 0.29) is 0 Å². The predicted octanol–water partition coefficient (Wildman–Crippen LogP) is 0.173. The number of carbonyl (C=O) groups excluding carboxylic acids is 1. The summed E-state index contributed by atoms with van der Waals surface area (Å²) >= 11 is 0. The molecule has 2 N–H and O–H groups in total. The predicted molar refractivity (Wildman–Crippen MR) is 34.7 cm³/mol. The van der Waals surface area contributed by atoms with Crippen LogP contribution < -0.4 is 5.73 Å². The molecule has 4 nitrogen and oxygen atoms in total. The Balaban J connectivity index is 2.64. The maximum Gasteiger partial charge on any atom is 0.241 e. The van der Waals surface area contributed by atoms with Gasteiger partial charge in [0.25, 0.3) is 0 Å². The molecule has 1 amide bonds. The number of aromatic nitrogens is 1. The van der Waals surface area contributed by atoms with Gasteiger partial charge in [-0.1, -0.05) is 5.16 Å². The highest BCUT2D eigenvalue weighted by molar-refractivity contribution is 5.90. The van der Waals surface area contributed by atoms with Gasteiger partial charge in [0.1, 0.15) is 6.26 Å². The Morgan fingerprint density at radius 1 is 1.80 bits per heavy atom. The average Bonchev–Trinajstić information content (AvgIpc) is 2.34. The van der Waals surface area contributed by atoms with Gasteiger partial charge in [0, 0.05) is 11.6 Å². The summed E-state index contributed by atoms with van der Waals surface area (Å²) < 4.78 is 4.49. The lowest BCUT2D eigenvalue weighted by Gasteiger charge is -1.77. The summed E-state index contributed by atoms with van der Waals surface area (Å²) in [6, 6.07) is 0. The van der Waals surface area contributed by atoms with Crippen LogP contribution in [-0.2, 0) is 4.79 Å². The zero-order valence-electron chi connectivity index (χ0n) is 5.15. The van der Waals surface area contributed by atoms with E-state index in [1.165, 1.54) is 24.6 Å². The molecule has 0 radical (unpaired) electrons. The zero-order chi connectivity index (χ0) is 7.40. The minimum Gasteiger partial charge on any atom is -0.366 e. The van der Waals surface area contributed by atoms with Gasteiger partial charge in [0.05, 0.1) is 6.20 Å². The molecule has 0 bridgehead atoms. The second kappa shape index (κ2) is 2.82. The van der Waals surface area contributed by atoms with Gasteiger partial charge in [-0.05, 0) is 6.08 Å². The highest BCUT2D eigenvalue weighted by atomic mass is 16.5. The van der Waals surface area contributed by atoms with Crippen LogP contribution in [0.3, 0.4) is 0 Å². The van der Waals surface area contributed by atoms with Crippen molar-refractivity contribution in [3.63, 3.8) is 0 Å². The molecule has 4 heteroatoms. The molecule has 0 aliphatic carbocycles. The molecule has 1 rings (SSSR count). The molecule has 10 heavy (non-hydrogen) atoms. The Morgan fingerprint density at radius 2 is 2.60 bits per heavy atom. The van der Waals surface area contributed by atoms with Crippen LogP contribution in [0.4, 0.5) is 0 Å². The average molecular weight is 138 g/mol. The smallest absolute Gasteiger partial charge is 0.241 e. The highest BCUT2D eigenvalue weighted by Gasteiger charge is 1.88. The van der Waals surface area contributed by atoms with Gasteiger partial charge in [-0.3, -0.25) is 4.79 Å². The van der Waals surface area contributed by atoms with E-state index in [0.29, 0.717) is 0 Å². The first kappa shape index (κ1) is 6.54. The Bertz CT molecular complexity index is 238. The molecular weight excluding hydrogens is 132 g/mol. The van der Waals surface area contributed by atoms with Crippen LogP contribution >= 0.6 is 0 Å². The van der Waals surface area contributed by atoms with E-state index in [1.807, 2.05) is 0 Å². The van der Waals surface area contributed by atoms with E-state index in [0.717, 1.165) is 5.56 Å². The van der Waals surface area contributed by atoms with Crippen LogP contribution in [0.25, 0.3) is 6.08 Å². The van der Waals surface area contributed by atoms with Crippen LogP contribution in [0.5, 0.6) is 0 Å². The number of hydrogen-bond acceptors (Lipinski definition) is 3. The van der Waals surface area contributed by atoms with Crippen LogP contribution in [0.2, 0.25) is 0 Å². The van der Waals surface area contributed by atoms with Crippen molar-refractivity contribution in [2.24, 2.45) is 5.73 Å². The van der Waals surface area contributed by atoms with Crippen molar-refractivity contribution in [2.45, 2.75) is 0 Å². The fourth-order valence-corrected chi connectivity index (χ4v) is 0.474. The molecule has 0 atom stereocenters. The maximum absolute atomic E-state index is 10.2. The highest BCUT2D eigenvalue weighted by Crippen LogP contribution is 1.97. The van der Waals surface area contributed by atoms with E-state index in [4.69, 9.17) is 5.73 Å². The first-order valence-corrected chi connectivity index (χ1v) is 2.66. The van der Waals surface area contributed by atoms with Gasteiger partial charge in [-0.2, -0.15) is 0 Å². The first-order chi connectivity index (χ1) is 4.79. The third-order valence-electron chi connectivity index (χ3n) is 0.891. The van der Waals surface area contributed by atoms with Gasteiger partial charge in [-0.15, -0.1) is 0 Å². The largest absolute Gasteiger partial charge is 0.366 e. The van der Waals surface area contributed by atoms with Crippen LogP contribution in [-0.4, -0.2) is 11.1 Å². The van der Waals surface area contributed by atoms with Crippen molar-refractivity contribution < 1.29 is 9.32 Å². The van der Waals surface area contributed by atoms with Crippen LogP contribution in [0, 0.1) is 0 Å². The summed E-state index contributed by atoms with van der Waals surface area (Å²) in [5, 5.41) is 3.42. The summed E-state index contributed by atoms with van der Waals surface area (Å²) in [6.45, 7) is 0. The molecular formula is C6H6N2O2. The summed E-state index contributed by atoms with van der Waals surface area (Å²) in [7, 11) is 0. The van der Waals surface area contributed by atoms with E-state index in [2.05, 4.69) is 9.68 Å². The molecule has 0 aromatic carbocycles. The second-order valence-corrected chi connectivity index (χ2v) is 1.69. The maximum atomic E-state index is 10.2. The Hall–Kier alpha value is -1.58. The van der Waals surface area contributed by atoms with Gasteiger partial charge in [0.15, 0.2) is 0 Å². The number of rotatable bonds is 2. The Kier molecular flexibility index (Phi) is 1.84. The van der Waals surface area contributed by atoms with Crippen LogP contribution in [0.1, 0.15) is 5.56 Å². The summed E-state index contributed by atoms with van der Waals surface area (Å²) in [6.07, 6.45) is 5.67. The van der Waals surface area contributed by atoms with Crippen molar-refractivity contribution in [3.8, 4) is 0 Å². The van der Waals surface area contributed by atoms with Gasteiger partial charge >= 0.3 is 0 Å². The van der Waals surface area contributed by atoms with E-state index in [9.17, 15) is 4.79 Å². The number of primary amides is 1. The number of amides is 1. The molecule has 0 fully saturated rings. The van der Waals surface area contributed by atoms with Gasteiger partial charge < -0.3 is 10.3 Å². The molecule has 0 spiro atoms. The molecule has 1 heterocycles. The molecule has 0 aliphatic rings. The molecule has 1 aromatic heterocycles. The summed E-state index contributed by atoms with van der Waals surface area (Å²) in [4.78, 5) is 10.2. The fourth-order valence-electron chi connectivity index (χ4n) is 0.474. The summed E-state index contributed by atoms with van der Waals surface area (Å²) in [5.74, 6) is -0.485. The lowest BCUT2D eigenvalue weighted by atomic mass is 10.3. The van der Waals surface area contributed by atoms with E-state index in [1.54, 1.807) is 0 Å². The molecule has 52 valence electrons. The third-order valence-corrected chi connectivity index (χ3v) is 0.891. The number of nitrogens with zero attached hydrogens (tertiary/aromatic N) is 1. The Morgan fingerprint density at radius 3 is 3.10 bits per heavy atom. The van der Waals surface area contributed by atoms with Gasteiger partial charge in [0.2, 0.25) is 5.91 Å². The number of hydrogen-bond donors (Lipinski definition) is 1. The van der Waals surface area contributed by atoms with Crippen LogP contribution in [0.15, 0.2) is 23.1 Å². The minimum atomic E-state index is -0.485. The number of carbonyl (C=O) groups is 1. The van der Waals surface area contributed by atoms with Crippen molar-refractivity contribution in [3.05, 3.63) is 24.1 Å². The van der Waals surface area contributed by atoms with Crippen molar-refractivity contribution >= 4 is 12.0 Å². The fraction of sp³-hybridized carbons (Fsp3) is 0. The second-order valence-electron chi connectivity index (χ2n) is 1.69. The molecule has 0 saturated carbocycles. The normalized spacial score (nSPS) is 10.4. The van der Waals surface area contributed by atoms with E-state index < -0.39 is 5.91 Å². The Labute approximate surface area is 57.3 Å². The topological polar surface area (TPSA) is 69.1 Å². The SMILES string of the molecule is NC(=O)C=Cc1cnoc1. The van der Waals surface area contributed by atoms with E-state index >= 15 is 0 Å². The monoisotopic (exact) mass is 138 g/mol. The van der Waals surface area contributed by atoms with Crippen molar-refractivity contribution in [1.82, 2.24) is 5.16 Å². The lowest BCUT2D eigenvalue weighted by Crippen LogP contribution is -2.04. The zero-order valence-corrected chi connectivity index (χ0v) is 5.15. The van der Waals surface area contributed by atoms with Crippen molar-refractivity contribution in [2.75, 3.05) is 0 Å². The molecule has 1 aromatic rings. The standard InChI is InChI=1S/C6H6N2O2/c7-6(9)2-1-5-3-8-10-4-5/h1-4H,(H2,7,9). The van der Waals surface area contributed by atoms with Gasteiger partial charge in [-0.25, -0.2) is 0 Å². The third kappa shape index (κ3) is 1.74. The molecule has 0 aliphatic heterocycles. The quantitative estimate of drug-likeness (QED) is 0.592. The van der Waals surface area contributed by atoms with Crippen molar-refractivity contribution in [1.29, 1.82) is 0 Å². The first-order valence-electron chi connectivity index (χ1n) is 2.66. The lowest BCUT2D eigenvalue weighted by molar-refractivity contribution is -0.113. The molecule has 0 saturated heterocycles. The molecule has 0 unspecified atom stereocenters. The number of nitrogens with two attached hydrogens (primary N) is 1. The minimum absolute atomic E-state index is 0.485. The summed E-state index contributed by atoms with van der Waals surface area (Å²) in [5.41, 5.74) is 5.55.